The highest BCUT2D eigenvalue weighted by molar-refractivity contribution is 6.01. The van der Waals surface area contributed by atoms with Crippen molar-refractivity contribution in [3.63, 3.8) is 0 Å². The third-order valence-corrected chi connectivity index (χ3v) is 4.84. The van der Waals surface area contributed by atoms with Crippen LogP contribution in [0.2, 0.25) is 0 Å². The van der Waals surface area contributed by atoms with Gasteiger partial charge in [-0.3, -0.25) is 4.79 Å². The number of carbonyl (C=O) groups excluding carboxylic acids is 2. The summed E-state index contributed by atoms with van der Waals surface area (Å²) in [7, 11) is 1.43. The second-order valence-electron chi connectivity index (χ2n) is 6.64. The van der Waals surface area contributed by atoms with Gasteiger partial charge in [0.05, 0.1) is 31.0 Å². The van der Waals surface area contributed by atoms with Crippen molar-refractivity contribution in [1.82, 2.24) is 15.5 Å². The SMILES string of the molecule is COc1cc(C2NC(=O)NC3=C2C(=O)N(Cc2ccc(F)cc2)C3)ccc1O. The molecule has 3 N–H and O–H groups in total. The van der Waals surface area contributed by atoms with E-state index in [4.69, 9.17) is 4.74 Å². The van der Waals surface area contributed by atoms with Crippen LogP contribution in [0, 0.1) is 5.82 Å². The highest BCUT2D eigenvalue weighted by Gasteiger charge is 2.40. The Bertz CT molecular complexity index is 987. The number of ether oxygens (including phenoxy) is 1. The number of nitrogens with zero attached hydrogens (tertiary/aromatic N) is 1. The minimum Gasteiger partial charge on any atom is -0.504 e. The fourth-order valence-corrected chi connectivity index (χ4v) is 3.49. The van der Waals surface area contributed by atoms with Gasteiger partial charge in [0.15, 0.2) is 11.5 Å². The van der Waals surface area contributed by atoms with Crippen LogP contribution in [0.4, 0.5) is 9.18 Å². The zero-order chi connectivity index (χ0) is 19.8. The lowest BCUT2D eigenvalue weighted by Crippen LogP contribution is -2.44. The van der Waals surface area contributed by atoms with Crippen LogP contribution in [0.5, 0.6) is 11.5 Å². The summed E-state index contributed by atoms with van der Waals surface area (Å²) in [6, 6.07) is 9.55. The molecule has 0 aromatic heterocycles. The summed E-state index contributed by atoms with van der Waals surface area (Å²) in [6.45, 7) is 0.554. The molecule has 0 bridgehead atoms. The Balaban J connectivity index is 1.63. The fraction of sp³-hybridized carbons (Fsp3) is 0.200. The average Bonchev–Trinajstić information content (AvgIpc) is 2.98. The second-order valence-corrected chi connectivity index (χ2v) is 6.64. The standard InChI is InChI=1S/C20H18FN3O4/c1-28-16-8-12(4-7-15(16)25)18-17-14(22-20(27)23-18)10-24(19(17)26)9-11-2-5-13(21)6-3-11/h2-8,18,25H,9-10H2,1H3,(H2,22,23,27). The Morgan fingerprint density at radius 1 is 1.21 bits per heavy atom. The molecule has 4 rings (SSSR count). The van der Waals surface area contributed by atoms with Crippen molar-refractivity contribution < 1.29 is 23.8 Å². The van der Waals surface area contributed by atoms with Gasteiger partial charge in [0, 0.05) is 6.54 Å². The number of carbonyl (C=O) groups is 2. The smallest absolute Gasteiger partial charge is 0.319 e. The van der Waals surface area contributed by atoms with Crippen molar-refractivity contribution in [2.75, 3.05) is 13.7 Å². The number of hydrogen-bond donors (Lipinski definition) is 3. The van der Waals surface area contributed by atoms with Crippen molar-refractivity contribution >= 4 is 11.9 Å². The van der Waals surface area contributed by atoms with Crippen molar-refractivity contribution in [2.45, 2.75) is 12.6 Å². The average molecular weight is 383 g/mol. The van der Waals surface area contributed by atoms with Crippen LogP contribution < -0.4 is 15.4 Å². The van der Waals surface area contributed by atoms with E-state index in [1.807, 2.05) is 0 Å². The van der Waals surface area contributed by atoms with E-state index in [2.05, 4.69) is 10.6 Å². The van der Waals surface area contributed by atoms with Gasteiger partial charge in [-0.1, -0.05) is 18.2 Å². The van der Waals surface area contributed by atoms with Crippen LogP contribution in [0.3, 0.4) is 0 Å². The Kier molecular flexibility index (Phi) is 4.38. The van der Waals surface area contributed by atoms with Gasteiger partial charge in [-0.25, -0.2) is 9.18 Å². The number of urea groups is 1. The number of phenolic OH excluding ortho intramolecular Hbond substituents is 1. The zero-order valence-electron chi connectivity index (χ0n) is 15.0. The third kappa shape index (κ3) is 3.13. The van der Waals surface area contributed by atoms with Crippen molar-refractivity contribution in [3.8, 4) is 11.5 Å². The zero-order valence-corrected chi connectivity index (χ0v) is 15.0. The van der Waals surface area contributed by atoms with Crippen LogP contribution >= 0.6 is 0 Å². The van der Waals surface area contributed by atoms with Gasteiger partial charge in [0.1, 0.15) is 5.82 Å². The minimum atomic E-state index is -0.663. The van der Waals surface area contributed by atoms with Gasteiger partial charge in [-0.15, -0.1) is 0 Å². The Hall–Kier alpha value is -3.55. The molecule has 144 valence electrons. The lowest BCUT2D eigenvalue weighted by atomic mass is 9.96. The maximum atomic E-state index is 13.1. The summed E-state index contributed by atoms with van der Waals surface area (Å²) in [4.78, 5) is 26.7. The summed E-state index contributed by atoms with van der Waals surface area (Å²) in [6.07, 6.45) is 0. The molecule has 0 aliphatic carbocycles. The van der Waals surface area contributed by atoms with E-state index < -0.39 is 12.1 Å². The van der Waals surface area contributed by atoms with Gasteiger partial charge in [0.2, 0.25) is 0 Å². The second kappa shape index (κ2) is 6.88. The molecule has 7 nitrogen and oxygen atoms in total. The first-order valence-corrected chi connectivity index (χ1v) is 8.67. The Morgan fingerprint density at radius 2 is 1.96 bits per heavy atom. The molecule has 0 fully saturated rings. The number of benzene rings is 2. The molecule has 2 aromatic rings. The summed E-state index contributed by atoms with van der Waals surface area (Å²) in [5.41, 5.74) is 2.38. The van der Waals surface area contributed by atoms with Gasteiger partial charge in [-0.05, 0) is 35.4 Å². The monoisotopic (exact) mass is 383 g/mol. The van der Waals surface area contributed by atoms with Crippen molar-refractivity contribution in [1.29, 1.82) is 0 Å². The normalized spacial score (nSPS) is 18.6. The number of aromatic hydroxyl groups is 1. The molecular weight excluding hydrogens is 365 g/mol. The predicted molar refractivity (Wildman–Crippen MR) is 97.9 cm³/mol. The van der Waals surface area contributed by atoms with E-state index in [-0.39, 0.29) is 29.8 Å². The summed E-state index contributed by atoms with van der Waals surface area (Å²) >= 11 is 0. The number of phenols is 1. The highest BCUT2D eigenvalue weighted by atomic mass is 19.1. The molecule has 8 heteroatoms. The molecule has 2 aliphatic rings. The molecule has 3 amide bonds. The quantitative estimate of drug-likeness (QED) is 0.755. The topological polar surface area (TPSA) is 90.9 Å². The Labute approximate surface area is 160 Å². The molecule has 2 heterocycles. The molecule has 2 aliphatic heterocycles. The molecule has 0 saturated heterocycles. The number of nitrogens with one attached hydrogen (secondary N) is 2. The van der Waals surface area contributed by atoms with Crippen molar-refractivity contribution in [2.24, 2.45) is 0 Å². The largest absolute Gasteiger partial charge is 0.504 e. The summed E-state index contributed by atoms with van der Waals surface area (Å²) < 4.78 is 18.2. The van der Waals surface area contributed by atoms with Gasteiger partial charge in [-0.2, -0.15) is 0 Å². The molecule has 0 radical (unpaired) electrons. The van der Waals surface area contributed by atoms with Gasteiger partial charge < -0.3 is 25.4 Å². The Morgan fingerprint density at radius 3 is 2.68 bits per heavy atom. The van der Waals surface area contributed by atoms with Crippen LogP contribution in [0.15, 0.2) is 53.7 Å². The maximum Gasteiger partial charge on any atom is 0.319 e. The maximum absolute atomic E-state index is 13.1. The van der Waals surface area contributed by atoms with E-state index in [1.54, 1.807) is 29.2 Å². The molecular formula is C20H18FN3O4. The lowest BCUT2D eigenvalue weighted by Gasteiger charge is -2.26. The molecule has 0 saturated carbocycles. The first-order valence-electron chi connectivity index (χ1n) is 8.67. The highest BCUT2D eigenvalue weighted by Crippen LogP contribution is 2.36. The van der Waals surface area contributed by atoms with Crippen molar-refractivity contribution in [3.05, 3.63) is 70.7 Å². The number of amides is 3. The lowest BCUT2D eigenvalue weighted by molar-refractivity contribution is -0.126. The third-order valence-electron chi connectivity index (χ3n) is 4.84. The predicted octanol–water partition coefficient (Wildman–Crippen LogP) is 2.19. The van der Waals surface area contributed by atoms with E-state index in [0.29, 0.717) is 23.4 Å². The van der Waals surface area contributed by atoms with E-state index >= 15 is 0 Å². The van der Waals surface area contributed by atoms with E-state index in [9.17, 15) is 19.1 Å². The first kappa shape index (κ1) is 17.8. The van der Waals surface area contributed by atoms with Gasteiger partial charge in [0.25, 0.3) is 5.91 Å². The van der Waals surface area contributed by atoms with E-state index in [0.717, 1.165) is 5.56 Å². The van der Waals surface area contributed by atoms with Crippen LogP contribution in [0.25, 0.3) is 0 Å². The molecule has 1 unspecified atom stereocenters. The molecule has 0 spiro atoms. The molecule has 28 heavy (non-hydrogen) atoms. The first-order chi connectivity index (χ1) is 13.5. The number of hydrogen-bond acceptors (Lipinski definition) is 4. The fourth-order valence-electron chi connectivity index (χ4n) is 3.49. The number of rotatable bonds is 4. The molecule has 2 aromatic carbocycles. The van der Waals surface area contributed by atoms with Crippen LogP contribution in [0.1, 0.15) is 17.2 Å². The summed E-state index contributed by atoms with van der Waals surface area (Å²) in [5, 5.41) is 15.3. The summed E-state index contributed by atoms with van der Waals surface area (Å²) in [5.74, 6) is -0.340. The molecule has 1 atom stereocenters. The van der Waals surface area contributed by atoms with E-state index in [1.165, 1.54) is 25.3 Å². The van der Waals surface area contributed by atoms with Crippen LogP contribution in [-0.2, 0) is 11.3 Å². The number of methoxy groups -OCH3 is 1. The minimum absolute atomic E-state index is 0.0311. The number of halogens is 1. The van der Waals surface area contributed by atoms with Crippen LogP contribution in [-0.4, -0.2) is 35.6 Å². The van der Waals surface area contributed by atoms with Gasteiger partial charge >= 0.3 is 6.03 Å².